The average molecular weight is 318 g/mol. The summed E-state index contributed by atoms with van der Waals surface area (Å²) in [7, 11) is 0.981. The SMILES string of the molecule is O=C(Nc1ccc(S(=O)(=O)Cl)c(F)c1)C1C2CCCC21. The molecule has 2 aliphatic carbocycles. The van der Waals surface area contributed by atoms with Crippen molar-refractivity contribution in [1.29, 1.82) is 0 Å². The van der Waals surface area contributed by atoms with Crippen molar-refractivity contribution in [3.05, 3.63) is 24.0 Å². The highest BCUT2D eigenvalue weighted by Crippen LogP contribution is 2.57. The smallest absolute Gasteiger partial charge is 0.264 e. The lowest BCUT2D eigenvalue weighted by Gasteiger charge is -2.07. The van der Waals surface area contributed by atoms with Crippen LogP contribution in [-0.2, 0) is 13.8 Å². The molecule has 4 nitrogen and oxygen atoms in total. The van der Waals surface area contributed by atoms with Crippen molar-refractivity contribution in [1.82, 2.24) is 0 Å². The third kappa shape index (κ3) is 2.42. The van der Waals surface area contributed by atoms with E-state index in [-0.39, 0.29) is 17.5 Å². The van der Waals surface area contributed by atoms with Crippen LogP contribution in [0.5, 0.6) is 0 Å². The van der Waals surface area contributed by atoms with E-state index in [4.69, 9.17) is 10.7 Å². The van der Waals surface area contributed by atoms with Gasteiger partial charge >= 0.3 is 0 Å². The molecule has 0 radical (unpaired) electrons. The number of carbonyl (C=O) groups excluding carboxylic acids is 1. The van der Waals surface area contributed by atoms with Gasteiger partial charge in [-0.15, -0.1) is 0 Å². The quantitative estimate of drug-likeness (QED) is 0.872. The molecular weight excluding hydrogens is 305 g/mol. The molecule has 0 saturated heterocycles. The van der Waals surface area contributed by atoms with Gasteiger partial charge in [0, 0.05) is 22.3 Å². The third-order valence-electron chi connectivity index (χ3n) is 4.17. The predicted molar refractivity (Wildman–Crippen MR) is 72.4 cm³/mol. The molecule has 3 rings (SSSR count). The van der Waals surface area contributed by atoms with E-state index in [1.807, 2.05) is 0 Å². The van der Waals surface area contributed by atoms with Crippen molar-refractivity contribution < 1.29 is 17.6 Å². The maximum absolute atomic E-state index is 13.6. The Morgan fingerprint density at radius 1 is 1.30 bits per heavy atom. The summed E-state index contributed by atoms with van der Waals surface area (Å²) < 4.78 is 35.8. The molecule has 1 N–H and O–H groups in total. The van der Waals surface area contributed by atoms with E-state index in [0.717, 1.165) is 25.0 Å². The predicted octanol–water partition coefficient (Wildman–Crippen LogP) is 2.74. The number of hydrogen-bond acceptors (Lipinski definition) is 3. The van der Waals surface area contributed by atoms with Gasteiger partial charge in [-0.2, -0.15) is 0 Å². The summed E-state index contributed by atoms with van der Waals surface area (Å²) in [5, 5.41) is 2.64. The lowest BCUT2D eigenvalue weighted by molar-refractivity contribution is -0.118. The first-order valence-corrected chi connectivity index (χ1v) is 8.74. The number of amides is 1. The topological polar surface area (TPSA) is 63.2 Å². The second kappa shape index (κ2) is 4.70. The maximum Gasteiger partial charge on any atom is 0.264 e. The summed E-state index contributed by atoms with van der Waals surface area (Å²) in [6, 6.07) is 3.38. The Morgan fingerprint density at radius 3 is 2.50 bits per heavy atom. The molecule has 2 atom stereocenters. The number of rotatable bonds is 3. The molecule has 0 heterocycles. The van der Waals surface area contributed by atoms with Gasteiger partial charge in [-0.05, 0) is 42.9 Å². The number of fused-ring (bicyclic) bond motifs is 1. The van der Waals surface area contributed by atoms with Crippen LogP contribution in [0.4, 0.5) is 10.1 Å². The Kier molecular flexibility index (Phi) is 3.25. The van der Waals surface area contributed by atoms with E-state index in [2.05, 4.69) is 5.32 Å². The molecule has 2 fully saturated rings. The lowest BCUT2D eigenvalue weighted by Crippen LogP contribution is -2.16. The van der Waals surface area contributed by atoms with E-state index in [1.165, 1.54) is 12.5 Å². The molecule has 0 spiro atoms. The Hall–Kier alpha value is -1.14. The fourth-order valence-corrected chi connectivity index (χ4v) is 4.11. The van der Waals surface area contributed by atoms with Gasteiger partial charge in [-0.25, -0.2) is 12.8 Å². The van der Waals surface area contributed by atoms with Gasteiger partial charge < -0.3 is 5.32 Å². The summed E-state index contributed by atoms with van der Waals surface area (Å²) in [6.45, 7) is 0. The fraction of sp³-hybridized carbons (Fsp3) is 0.462. The molecule has 0 bridgehead atoms. The molecule has 20 heavy (non-hydrogen) atoms. The zero-order valence-corrected chi connectivity index (χ0v) is 12.0. The Balaban J connectivity index is 1.72. The normalized spacial score (nSPS) is 28.0. The highest BCUT2D eigenvalue weighted by molar-refractivity contribution is 8.13. The number of hydrogen-bond donors (Lipinski definition) is 1. The molecule has 0 aliphatic heterocycles. The Morgan fingerprint density at radius 2 is 1.95 bits per heavy atom. The first-order valence-electron chi connectivity index (χ1n) is 6.43. The van der Waals surface area contributed by atoms with Gasteiger partial charge in [0.05, 0.1) is 0 Å². The summed E-state index contributed by atoms with van der Waals surface area (Å²) in [5.74, 6) is -0.0951. The average Bonchev–Trinajstić information content (AvgIpc) is 2.82. The lowest BCUT2D eigenvalue weighted by atomic mass is 10.1. The largest absolute Gasteiger partial charge is 0.326 e. The first-order chi connectivity index (χ1) is 9.38. The van der Waals surface area contributed by atoms with E-state index < -0.39 is 19.8 Å². The van der Waals surface area contributed by atoms with Crippen molar-refractivity contribution >= 4 is 31.3 Å². The fourth-order valence-electron chi connectivity index (χ4n) is 3.21. The number of benzene rings is 1. The van der Waals surface area contributed by atoms with Gasteiger partial charge in [0.2, 0.25) is 5.91 Å². The molecule has 108 valence electrons. The summed E-state index contributed by atoms with van der Waals surface area (Å²) in [6.07, 6.45) is 3.34. The second-order valence-corrected chi connectivity index (χ2v) is 7.89. The minimum atomic E-state index is -4.11. The second-order valence-electron chi connectivity index (χ2n) is 5.36. The van der Waals surface area contributed by atoms with Crippen molar-refractivity contribution in [3.63, 3.8) is 0 Å². The van der Waals surface area contributed by atoms with E-state index in [9.17, 15) is 17.6 Å². The van der Waals surface area contributed by atoms with Crippen LogP contribution in [0.15, 0.2) is 23.1 Å². The van der Waals surface area contributed by atoms with Gasteiger partial charge in [-0.3, -0.25) is 4.79 Å². The number of carbonyl (C=O) groups is 1. The van der Waals surface area contributed by atoms with Crippen LogP contribution in [0.2, 0.25) is 0 Å². The molecule has 2 aliphatic rings. The summed E-state index contributed by atoms with van der Waals surface area (Å²) in [5.41, 5.74) is 0.251. The highest BCUT2D eigenvalue weighted by Gasteiger charge is 2.56. The molecule has 2 unspecified atom stereocenters. The van der Waals surface area contributed by atoms with Crippen LogP contribution in [-0.4, -0.2) is 14.3 Å². The van der Waals surface area contributed by atoms with Gasteiger partial charge in [0.1, 0.15) is 10.7 Å². The first kappa shape index (κ1) is 13.8. The standard InChI is InChI=1S/C13H13ClFNO3S/c14-20(18,19)11-5-4-7(6-10(11)15)16-13(17)12-8-2-1-3-9(8)12/h4-6,8-9,12H,1-3H2,(H,16,17). The number of nitrogens with one attached hydrogen (secondary N) is 1. The van der Waals surface area contributed by atoms with E-state index >= 15 is 0 Å². The Labute approximate surface area is 120 Å². The van der Waals surface area contributed by atoms with Gasteiger partial charge in [0.15, 0.2) is 0 Å². The minimum absolute atomic E-state index is 0.0308. The number of halogens is 2. The Bertz CT molecular complexity index is 666. The van der Waals surface area contributed by atoms with Gasteiger partial charge in [-0.1, -0.05) is 6.42 Å². The zero-order valence-electron chi connectivity index (χ0n) is 10.5. The van der Waals surface area contributed by atoms with Crippen LogP contribution in [0, 0.1) is 23.6 Å². The van der Waals surface area contributed by atoms with Crippen LogP contribution < -0.4 is 5.32 Å². The number of anilines is 1. The molecule has 7 heteroatoms. The third-order valence-corrected chi connectivity index (χ3v) is 5.53. The van der Waals surface area contributed by atoms with Crippen LogP contribution in [0.3, 0.4) is 0 Å². The van der Waals surface area contributed by atoms with Crippen LogP contribution in [0.25, 0.3) is 0 Å². The van der Waals surface area contributed by atoms with Crippen LogP contribution in [0.1, 0.15) is 19.3 Å². The zero-order chi connectivity index (χ0) is 14.5. The van der Waals surface area contributed by atoms with E-state index in [0.29, 0.717) is 11.8 Å². The van der Waals surface area contributed by atoms with Crippen molar-refractivity contribution in [2.24, 2.45) is 17.8 Å². The van der Waals surface area contributed by atoms with Gasteiger partial charge in [0.25, 0.3) is 9.05 Å². The van der Waals surface area contributed by atoms with E-state index in [1.54, 1.807) is 0 Å². The molecule has 0 aromatic heterocycles. The minimum Gasteiger partial charge on any atom is -0.326 e. The van der Waals surface area contributed by atoms with Crippen molar-refractivity contribution in [2.45, 2.75) is 24.2 Å². The highest BCUT2D eigenvalue weighted by atomic mass is 35.7. The summed E-state index contributed by atoms with van der Waals surface area (Å²) >= 11 is 0. The van der Waals surface area contributed by atoms with Crippen LogP contribution >= 0.6 is 10.7 Å². The maximum atomic E-state index is 13.6. The monoisotopic (exact) mass is 317 g/mol. The molecule has 1 aromatic rings. The molecule has 1 amide bonds. The molecule has 2 saturated carbocycles. The van der Waals surface area contributed by atoms with Crippen molar-refractivity contribution in [3.8, 4) is 0 Å². The van der Waals surface area contributed by atoms with Crippen molar-refractivity contribution in [2.75, 3.05) is 5.32 Å². The molecule has 1 aromatic carbocycles. The summed E-state index contributed by atoms with van der Waals surface area (Å²) in [4.78, 5) is 11.4. The molecular formula is C13H13ClFNO3S.